The van der Waals surface area contributed by atoms with Gasteiger partial charge in [0.2, 0.25) is 0 Å². The van der Waals surface area contributed by atoms with Crippen LogP contribution in [0.5, 0.6) is 5.75 Å². The highest BCUT2D eigenvalue weighted by atomic mass is 16.5. The maximum Gasteiger partial charge on any atom is 0.119 e. The molecule has 1 fully saturated rings. The molecule has 0 radical (unpaired) electrons. The fourth-order valence-electron chi connectivity index (χ4n) is 2.48. The van der Waals surface area contributed by atoms with Crippen LogP contribution in [0.15, 0.2) is 24.3 Å². The van der Waals surface area contributed by atoms with E-state index in [-0.39, 0.29) is 5.66 Å². The molecular weight excluding hydrogens is 226 g/mol. The van der Waals surface area contributed by atoms with Crippen molar-refractivity contribution in [1.82, 2.24) is 10.2 Å². The van der Waals surface area contributed by atoms with Gasteiger partial charge in [-0.25, -0.2) is 0 Å². The topological polar surface area (TPSA) is 50.5 Å². The average molecular weight is 249 g/mol. The van der Waals surface area contributed by atoms with Gasteiger partial charge in [0, 0.05) is 32.6 Å². The number of piperazine rings is 1. The van der Waals surface area contributed by atoms with Crippen LogP contribution < -0.4 is 15.8 Å². The van der Waals surface area contributed by atoms with Crippen LogP contribution in [-0.2, 0) is 6.42 Å². The quantitative estimate of drug-likeness (QED) is 0.829. The molecule has 1 aliphatic rings. The Kier molecular flexibility index (Phi) is 4.22. The zero-order valence-corrected chi connectivity index (χ0v) is 11.3. The van der Waals surface area contributed by atoms with Crippen LogP contribution in [0.4, 0.5) is 0 Å². The molecule has 2 rings (SSSR count). The molecule has 1 aromatic carbocycles. The third-order valence-corrected chi connectivity index (χ3v) is 3.54. The molecule has 0 saturated carbocycles. The molecule has 3 N–H and O–H groups in total. The summed E-state index contributed by atoms with van der Waals surface area (Å²) in [4.78, 5) is 2.35. The molecule has 1 aromatic rings. The van der Waals surface area contributed by atoms with Gasteiger partial charge in [0.15, 0.2) is 0 Å². The maximum atomic E-state index is 6.47. The number of nitrogens with one attached hydrogen (secondary N) is 1. The predicted octanol–water partition coefficient (Wildman–Crippen LogP) is 0.818. The molecule has 1 atom stereocenters. The Morgan fingerprint density at radius 3 is 2.78 bits per heavy atom. The predicted molar refractivity (Wildman–Crippen MR) is 73.7 cm³/mol. The summed E-state index contributed by atoms with van der Waals surface area (Å²) in [5.41, 5.74) is 7.40. The van der Waals surface area contributed by atoms with Gasteiger partial charge in [-0.2, -0.15) is 0 Å². The van der Waals surface area contributed by atoms with E-state index in [2.05, 4.69) is 29.3 Å². The third kappa shape index (κ3) is 3.22. The van der Waals surface area contributed by atoms with Gasteiger partial charge in [0.1, 0.15) is 5.75 Å². The van der Waals surface area contributed by atoms with E-state index in [1.165, 1.54) is 5.56 Å². The number of nitrogens with zero attached hydrogens (tertiary/aromatic N) is 1. The number of nitrogens with two attached hydrogens (primary N) is 1. The highest BCUT2D eigenvalue weighted by molar-refractivity contribution is 5.29. The van der Waals surface area contributed by atoms with Crippen molar-refractivity contribution in [2.24, 2.45) is 5.73 Å². The van der Waals surface area contributed by atoms with Gasteiger partial charge in [0.05, 0.1) is 12.8 Å². The van der Waals surface area contributed by atoms with Gasteiger partial charge in [0.25, 0.3) is 0 Å². The Balaban J connectivity index is 2.05. The lowest BCUT2D eigenvalue weighted by molar-refractivity contribution is 0.0932. The van der Waals surface area contributed by atoms with E-state index < -0.39 is 0 Å². The normalized spacial score (nSPS) is 20.4. The molecule has 1 heterocycles. The third-order valence-electron chi connectivity index (χ3n) is 3.54. The summed E-state index contributed by atoms with van der Waals surface area (Å²) in [7, 11) is 1.69. The molecule has 100 valence electrons. The van der Waals surface area contributed by atoms with E-state index in [1.54, 1.807) is 7.11 Å². The van der Waals surface area contributed by atoms with Crippen LogP contribution in [0.25, 0.3) is 0 Å². The lowest BCUT2D eigenvalue weighted by atomic mass is 9.99. The highest BCUT2D eigenvalue weighted by Gasteiger charge is 2.28. The first-order valence-corrected chi connectivity index (χ1v) is 6.49. The lowest BCUT2D eigenvalue weighted by Crippen LogP contribution is -2.60. The Bertz CT molecular complexity index is 386. The first-order chi connectivity index (χ1) is 8.62. The minimum atomic E-state index is -0.297. The molecule has 0 bridgehead atoms. The van der Waals surface area contributed by atoms with Crippen molar-refractivity contribution in [2.45, 2.75) is 19.0 Å². The van der Waals surface area contributed by atoms with Crippen molar-refractivity contribution in [3.05, 3.63) is 29.8 Å². The van der Waals surface area contributed by atoms with Gasteiger partial charge in [-0.15, -0.1) is 0 Å². The first kappa shape index (κ1) is 13.3. The Labute approximate surface area is 109 Å². The minimum absolute atomic E-state index is 0.297. The highest BCUT2D eigenvalue weighted by Crippen LogP contribution is 2.19. The zero-order valence-electron chi connectivity index (χ0n) is 11.3. The van der Waals surface area contributed by atoms with E-state index in [0.29, 0.717) is 0 Å². The summed E-state index contributed by atoms with van der Waals surface area (Å²) in [5, 5.41) is 3.35. The minimum Gasteiger partial charge on any atom is -0.497 e. The molecule has 0 spiro atoms. The largest absolute Gasteiger partial charge is 0.497 e. The monoisotopic (exact) mass is 249 g/mol. The van der Waals surface area contributed by atoms with Crippen molar-refractivity contribution in [2.75, 3.05) is 33.3 Å². The molecule has 1 saturated heterocycles. The van der Waals surface area contributed by atoms with Crippen molar-refractivity contribution >= 4 is 0 Å². The van der Waals surface area contributed by atoms with E-state index >= 15 is 0 Å². The summed E-state index contributed by atoms with van der Waals surface area (Å²) in [5.74, 6) is 0.892. The van der Waals surface area contributed by atoms with Gasteiger partial charge in [-0.05, 0) is 24.6 Å². The van der Waals surface area contributed by atoms with Gasteiger partial charge < -0.3 is 15.8 Å². The fraction of sp³-hybridized carbons (Fsp3) is 0.571. The van der Waals surface area contributed by atoms with Crippen LogP contribution >= 0.6 is 0 Å². The molecule has 4 heteroatoms. The van der Waals surface area contributed by atoms with E-state index in [1.807, 2.05) is 12.1 Å². The molecule has 4 nitrogen and oxygen atoms in total. The zero-order chi connectivity index (χ0) is 13.0. The molecule has 1 aliphatic heterocycles. The van der Waals surface area contributed by atoms with Crippen molar-refractivity contribution in [1.29, 1.82) is 0 Å². The SMILES string of the molecule is COc1cccc(CC(C)(N)N2CCNCC2)c1. The Morgan fingerprint density at radius 1 is 1.39 bits per heavy atom. The lowest BCUT2D eigenvalue weighted by Gasteiger charge is -2.41. The number of benzene rings is 1. The molecule has 0 aromatic heterocycles. The molecule has 0 amide bonds. The number of hydrogen-bond acceptors (Lipinski definition) is 4. The number of methoxy groups -OCH3 is 1. The second-order valence-corrected chi connectivity index (χ2v) is 5.12. The van der Waals surface area contributed by atoms with Crippen molar-refractivity contribution in [3.63, 3.8) is 0 Å². The molecular formula is C14H23N3O. The van der Waals surface area contributed by atoms with Crippen molar-refractivity contribution < 1.29 is 4.74 Å². The van der Waals surface area contributed by atoms with Crippen LogP contribution in [-0.4, -0.2) is 43.9 Å². The van der Waals surface area contributed by atoms with Crippen LogP contribution in [0, 0.1) is 0 Å². The van der Waals surface area contributed by atoms with Crippen molar-refractivity contribution in [3.8, 4) is 5.75 Å². The smallest absolute Gasteiger partial charge is 0.119 e. The average Bonchev–Trinajstić information content (AvgIpc) is 2.39. The van der Waals surface area contributed by atoms with E-state index in [0.717, 1.165) is 38.3 Å². The van der Waals surface area contributed by atoms with E-state index in [9.17, 15) is 0 Å². The van der Waals surface area contributed by atoms with Gasteiger partial charge >= 0.3 is 0 Å². The van der Waals surface area contributed by atoms with Gasteiger partial charge in [-0.3, -0.25) is 4.90 Å². The summed E-state index contributed by atoms with van der Waals surface area (Å²) < 4.78 is 5.25. The number of ether oxygens (including phenoxy) is 1. The first-order valence-electron chi connectivity index (χ1n) is 6.49. The standard InChI is InChI=1S/C14H23N3O/c1-14(15,17-8-6-16-7-9-17)11-12-4-3-5-13(10-12)18-2/h3-5,10,16H,6-9,11,15H2,1-2H3. The fourth-order valence-corrected chi connectivity index (χ4v) is 2.48. The van der Waals surface area contributed by atoms with Crippen LogP contribution in [0.2, 0.25) is 0 Å². The second-order valence-electron chi connectivity index (χ2n) is 5.12. The Morgan fingerprint density at radius 2 is 2.11 bits per heavy atom. The Hall–Kier alpha value is -1.10. The van der Waals surface area contributed by atoms with Crippen LogP contribution in [0.3, 0.4) is 0 Å². The number of rotatable bonds is 4. The number of hydrogen-bond donors (Lipinski definition) is 2. The maximum absolute atomic E-state index is 6.47. The van der Waals surface area contributed by atoms with E-state index in [4.69, 9.17) is 10.5 Å². The summed E-state index contributed by atoms with van der Waals surface area (Å²) in [6.45, 7) is 6.17. The molecule has 18 heavy (non-hydrogen) atoms. The van der Waals surface area contributed by atoms with Crippen LogP contribution in [0.1, 0.15) is 12.5 Å². The summed E-state index contributed by atoms with van der Waals surface area (Å²) >= 11 is 0. The summed E-state index contributed by atoms with van der Waals surface area (Å²) in [6.07, 6.45) is 0.837. The summed E-state index contributed by atoms with van der Waals surface area (Å²) in [6, 6.07) is 8.15. The van der Waals surface area contributed by atoms with Gasteiger partial charge in [-0.1, -0.05) is 12.1 Å². The molecule has 0 aliphatic carbocycles. The molecule has 1 unspecified atom stereocenters. The second kappa shape index (κ2) is 5.69.